The Hall–Kier alpha value is -0.0900. The molecular weight excluding hydrogens is 210 g/mol. The van der Waals surface area contributed by atoms with Crippen LogP contribution in [0, 0.1) is 0 Å². The molecule has 1 atom stereocenters. The zero-order valence-electron chi connectivity index (χ0n) is 9.61. The van der Waals surface area contributed by atoms with Crippen LogP contribution in [-0.2, 0) is 9.84 Å². The lowest BCUT2D eigenvalue weighted by Crippen LogP contribution is -2.34. The standard InChI is InChI=1S/C11H23NO2S/c1-2-10(8-9-12)15(13,14)11-6-4-3-5-7-11/h10-11H,2-9,12H2,1H3. The van der Waals surface area contributed by atoms with Gasteiger partial charge in [0.25, 0.3) is 0 Å². The van der Waals surface area contributed by atoms with E-state index in [1.807, 2.05) is 6.92 Å². The van der Waals surface area contributed by atoms with Crippen molar-refractivity contribution in [2.45, 2.75) is 62.4 Å². The Kier molecular flexibility index (Phi) is 5.06. The highest BCUT2D eigenvalue weighted by Crippen LogP contribution is 2.28. The van der Waals surface area contributed by atoms with Crippen LogP contribution in [-0.4, -0.2) is 25.5 Å². The molecule has 0 aromatic rings. The average Bonchev–Trinajstić information content (AvgIpc) is 2.27. The quantitative estimate of drug-likeness (QED) is 0.788. The van der Waals surface area contributed by atoms with E-state index in [1.165, 1.54) is 6.42 Å². The normalized spacial score (nSPS) is 21.5. The zero-order chi connectivity index (χ0) is 11.3. The Bertz CT molecular complexity index is 258. The Morgan fingerprint density at radius 3 is 2.33 bits per heavy atom. The Morgan fingerprint density at radius 1 is 1.27 bits per heavy atom. The Morgan fingerprint density at radius 2 is 1.87 bits per heavy atom. The maximum Gasteiger partial charge on any atom is 0.156 e. The third kappa shape index (κ3) is 3.18. The lowest BCUT2D eigenvalue weighted by Gasteiger charge is -2.26. The highest BCUT2D eigenvalue weighted by molar-refractivity contribution is 7.92. The van der Waals surface area contributed by atoms with Gasteiger partial charge in [-0.2, -0.15) is 0 Å². The molecule has 15 heavy (non-hydrogen) atoms. The molecule has 0 spiro atoms. The van der Waals surface area contributed by atoms with Gasteiger partial charge in [0.15, 0.2) is 9.84 Å². The molecule has 0 saturated heterocycles. The maximum atomic E-state index is 12.3. The topological polar surface area (TPSA) is 60.2 Å². The number of sulfone groups is 1. The molecule has 1 aliphatic carbocycles. The fraction of sp³-hybridized carbons (Fsp3) is 1.00. The molecule has 0 amide bonds. The lowest BCUT2D eigenvalue weighted by atomic mass is 10.0. The summed E-state index contributed by atoms with van der Waals surface area (Å²) in [5.41, 5.74) is 5.47. The number of hydrogen-bond acceptors (Lipinski definition) is 3. The van der Waals surface area contributed by atoms with Crippen molar-refractivity contribution in [3.63, 3.8) is 0 Å². The molecule has 1 fully saturated rings. The molecule has 0 aromatic carbocycles. The molecule has 1 saturated carbocycles. The summed E-state index contributed by atoms with van der Waals surface area (Å²) in [5, 5.41) is -0.284. The van der Waals surface area contributed by atoms with Gasteiger partial charge in [0.2, 0.25) is 0 Å². The van der Waals surface area contributed by atoms with Crippen LogP contribution in [0.25, 0.3) is 0 Å². The Labute approximate surface area is 93.3 Å². The minimum Gasteiger partial charge on any atom is -0.330 e. The van der Waals surface area contributed by atoms with Gasteiger partial charge in [-0.3, -0.25) is 0 Å². The van der Waals surface area contributed by atoms with E-state index in [0.29, 0.717) is 19.4 Å². The molecule has 4 heteroatoms. The SMILES string of the molecule is CCC(CCN)S(=O)(=O)C1CCCCC1. The first-order valence-corrected chi connectivity index (χ1v) is 7.66. The van der Waals surface area contributed by atoms with Crippen LogP contribution in [0.2, 0.25) is 0 Å². The van der Waals surface area contributed by atoms with Gasteiger partial charge in [-0.15, -0.1) is 0 Å². The zero-order valence-corrected chi connectivity index (χ0v) is 10.4. The van der Waals surface area contributed by atoms with E-state index in [1.54, 1.807) is 0 Å². The van der Waals surface area contributed by atoms with E-state index in [4.69, 9.17) is 5.73 Å². The third-order valence-corrected chi connectivity index (χ3v) is 6.32. The second-order valence-electron chi connectivity index (χ2n) is 4.46. The minimum absolute atomic E-state index is 0.0808. The smallest absolute Gasteiger partial charge is 0.156 e. The van der Waals surface area contributed by atoms with Crippen LogP contribution in [0.1, 0.15) is 51.9 Å². The number of nitrogens with two attached hydrogens (primary N) is 1. The monoisotopic (exact) mass is 233 g/mol. The molecule has 0 aliphatic heterocycles. The van der Waals surface area contributed by atoms with Crippen molar-refractivity contribution in [2.24, 2.45) is 5.73 Å². The maximum absolute atomic E-state index is 12.3. The Balaban J connectivity index is 2.69. The lowest BCUT2D eigenvalue weighted by molar-refractivity contribution is 0.474. The van der Waals surface area contributed by atoms with Gasteiger partial charge >= 0.3 is 0 Å². The van der Waals surface area contributed by atoms with Gasteiger partial charge in [-0.05, 0) is 32.2 Å². The molecule has 0 aromatic heterocycles. The second-order valence-corrected chi connectivity index (χ2v) is 6.97. The van der Waals surface area contributed by atoms with Crippen molar-refractivity contribution in [3.8, 4) is 0 Å². The van der Waals surface area contributed by atoms with Gasteiger partial charge < -0.3 is 5.73 Å². The van der Waals surface area contributed by atoms with E-state index in [9.17, 15) is 8.42 Å². The van der Waals surface area contributed by atoms with Crippen LogP contribution in [0.5, 0.6) is 0 Å². The molecule has 0 bridgehead atoms. The summed E-state index contributed by atoms with van der Waals surface area (Å²) in [5.74, 6) is 0. The summed E-state index contributed by atoms with van der Waals surface area (Å²) in [7, 11) is -2.92. The van der Waals surface area contributed by atoms with Crippen molar-refractivity contribution in [1.82, 2.24) is 0 Å². The van der Waals surface area contributed by atoms with Gasteiger partial charge in [-0.1, -0.05) is 26.2 Å². The number of hydrogen-bond donors (Lipinski definition) is 1. The van der Waals surface area contributed by atoms with Crippen LogP contribution >= 0.6 is 0 Å². The molecular formula is C11H23NO2S. The molecule has 1 unspecified atom stereocenters. The van der Waals surface area contributed by atoms with E-state index in [0.717, 1.165) is 25.7 Å². The van der Waals surface area contributed by atoms with Gasteiger partial charge in [0.05, 0.1) is 10.5 Å². The molecule has 0 heterocycles. The highest BCUT2D eigenvalue weighted by Gasteiger charge is 2.32. The summed E-state index contributed by atoms with van der Waals surface area (Å²) in [6.07, 6.45) is 6.39. The van der Waals surface area contributed by atoms with E-state index in [2.05, 4.69) is 0 Å². The summed E-state index contributed by atoms with van der Waals surface area (Å²) in [4.78, 5) is 0. The molecule has 1 aliphatic rings. The summed E-state index contributed by atoms with van der Waals surface area (Å²) in [6, 6.07) is 0. The van der Waals surface area contributed by atoms with Crippen LogP contribution in [0.15, 0.2) is 0 Å². The van der Waals surface area contributed by atoms with Crippen molar-refractivity contribution < 1.29 is 8.42 Å². The first-order valence-electron chi connectivity index (χ1n) is 6.05. The molecule has 3 nitrogen and oxygen atoms in total. The molecule has 90 valence electrons. The van der Waals surface area contributed by atoms with Crippen molar-refractivity contribution in [1.29, 1.82) is 0 Å². The van der Waals surface area contributed by atoms with Gasteiger partial charge in [0, 0.05) is 0 Å². The average molecular weight is 233 g/mol. The van der Waals surface area contributed by atoms with E-state index < -0.39 is 9.84 Å². The van der Waals surface area contributed by atoms with Crippen molar-refractivity contribution in [2.75, 3.05) is 6.54 Å². The van der Waals surface area contributed by atoms with E-state index in [-0.39, 0.29) is 10.5 Å². The summed E-state index contributed by atoms with van der Waals surface area (Å²) in [6.45, 7) is 2.42. The molecule has 1 rings (SSSR count). The third-order valence-electron chi connectivity index (χ3n) is 3.43. The van der Waals surface area contributed by atoms with Gasteiger partial charge in [0.1, 0.15) is 0 Å². The van der Waals surface area contributed by atoms with Crippen molar-refractivity contribution >= 4 is 9.84 Å². The highest BCUT2D eigenvalue weighted by atomic mass is 32.2. The second kappa shape index (κ2) is 5.85. The molecule has 0 radical (unpaired) electrons. The summed E-state index contributed by atoms with van der Waals surface area (Å²) >= 11 is 0. The fourth-order valence-electron chi connectivity index (χ4n) is 2.45. The predicted octanol–water partition coefficient (Wildman–Crippen LogP) is 1.86. The predicted molar refractivity (Wildman–Crippen MR) is 63.5 cm³/mol. The van der Waals surface area contributed by atoms with Gasteiger partial charge in [-0.25, -0.2) is 8.42 Å². The first-order chi connectivity index (χ1) is 7.12. The van der Waals surface area contributed by atoms with E-state index >= 15 is 0 Å². The molecule has 2 N–H and O–H groups in total. The largest absolute Gasteiger partial charge is 0.330 e. The van der Waals surface area contributed by atoms with Crippen LogP contribution in [0.4, 0.5) is 0 Å². The van der Waals surface area contributed by atoms with Crippen LogP contribution < -0.4 is 5.73 Å². The first kappa shape index (κ1) is 13.0. The number of rotatable bonds is 5. The summed E-state index contributed by atoms with van der Waals surface area (Å²) < 4.78 is 24.5. The fourth-order valence-corrected chi connectivity index (χ4v) is 4.92. The minimum atomic E-state index is -2.92. The van der Waals surface area contributed by atoms with Crippen LogP contribution in [0.3, 0.4) is 0 Å². The van der Waals surface area contributed by atoms with Crippen molar-refractivity contribution in [3.05, 3.63) is 0 Å².